The minimum Gasteiger partial charge on any atom is -0.378 e. The van der Waals surface area contributed by atoms with Gasteiger partial charge in [-0.2, -0.15) is 5.10 Å². The lowest BCUT2D eigenvalue weighted by Gasteiger charge is -2.11. The predicted octanol–water partition coefficient (Wildman–Crippen LogP) is 1.69. The molecule has 1 aliphatic heterocycles. The van der Waals surface area contributed by atoms with Gasteiger partial charge in [-0.15, -0.1) is 5.10 Å². The maximum Gasteiger partial charge on any atom is 0.239 e. The van der Waals surface area contributed by atoms with Crippen molar-refractivity contribution >= 4 is 34.7 Å². The van der Waals surface area contributed by atoms with Gasteiger partial charge in [0.2, 0.25) is 5.91 Å². The molecule has 2 rings (SSSR count). The molecule has 0 saturated carbocycles. The number of thioether (sulfide) groups is 1. The monoisotopic (exact) mass is 276 g/mol. The Morgan fingerprint density at radius 2 is 2.00 bits per heavy atom. The molecule has 0 unspecified atom stereocenters. The molecule has 5 nitrogen and oxygen atoms in total. The molecule has 100 valence electrons. The largest absolute Gasteiger partial charge is 0.378 e. The normalized spacial score (nSPS) is 21.1. The van der Waals surface area contributed by atoms with E-state index in [-0.39, 0.29) is 11.2 Å². The fourth-order valence-electron chi connectivity index (χ4n) is 1.51. The van der Waals surface area contributed by atoms with E-state index in [0.717, 1.165) is 11.3 Å². The summed E-state index contributed by atoms with van der Waals surface area (Å²) in [5, 5.41) is 11.1. The summed E-state index contributed by atoms with van der Waals surface area (Å²) in [6.45, 7) is 1.84. The van der Waals surface area contributed by atoms with Gasteiger partial charge in [-0.3, -0.25) is 4.79 Å². The van der Waals surface area contributed by atoms with Crippen LogP contribution in [0.4, 0.5) is 5.69 Å². The zero-order chi connectivity index (χ0) is 13.8. The van der Waals surface area contributed by atoms with Crippen molar-refractivity contribution < 1.29 is 4.79 Å². The summed E-state index contributed by atoms with van der Waals surface area (Å²) in [6.07, 6.45) is 1.67. The first kappa shape index (κ1) is 13.6. The van der Waals surface area contributed by atoms with Crippen LogP contribution in [0.3, 0.4) is 0 Å². The molecule has 1 atom stereocenters. The van der Waals surface area contributed by atoms with Crippen molar-refractivity contribution in [2.45, 2.75) is 12.2 Å². The second-order valence-corrected chi connectivity index (χ2v) is 5.71. The summed E-state index contributed by atoms with van der Waals surface area (Å²) >= 11 is 1.38. The molecule has 1 N–H and O–H groups in total. The number of rotatable bonds is 3. The van der Waals surface area contributed by atoms with Gasteiger partial charge in [-0.25, -0.2) is 0 Å². The van der Waals surface area contributed by atoms with E-state index in [1.54, 1.807) is 6.21 Å². The van der Waals surface area contributed by atoms with Gasteiger partial charge >= 0.3 is 0 Å². The highest BCUT2D eigenvalue weighted by Gasteiger charge is 2.25. The Morgan fingerprint density at radius 1 is 1.32 bits per heavy atom. The average molecular weight is 276 g/mol. The standard InChI is InChI=1S/C13H16N4OS/c1-9-12(18)15-13(19-9)16-14-8-10-4-6-11(7-5-10)17(2)3/h4-9H,1-3H3,(H,15,16,18)/b14-8-/t9-/m1/s1. The van der Waals surface area contributed by atoms with Crippen LogP contribution >= 0.6 is 11.8 Å². The zero-order valence-corrected chi connectivity index (χ0v) is 11.9. The fraction of sp³-hybridized carbons (Fsp3) is 0.308. The van der Waals surface area contributed by atoms with Gasteiger partial charge in [0, 0.05) is 19.8 Å². The van der Waals surface area contributed by atoms with E-state index in [0.29, 0.717) is 5.17 Å². The fourth-order valence-corrected chi connectivity index (χ4v) is 2.27. The topological polar surface area (TPSA) is 57.1 Å². The van der Waals surface area contributed by atoms with Gasteiger partial charge in [0.1, 0.15) is 0 Å². The molecular weight excluding hydrogens is 260 g/mol. The van der Waals surface area contributed by atoms with Gasteiger partial charge in [0.25, 0.3) is 0 Å². The van der Waals surface area contributed by atoms with E-state index in [9.17, 15) is 4.79 Å². The molecule has 1 aliphatic rings. The second-order valence-electron chi connectivity index (χ2n) is 4.39. The number of nitrogens with one attached hydrogen (secondary N) is 1. The number of carbonyl (C=O) groups excluding carboxylic acids is 1. The van der Waals surface area contributed by atoms with Gasteiger partial charge in [-0.1, -0.05) is 23.9 Å². The minimum atomic E-state index is -0.0895. The molecule has 19 heavy (non-hydrogen) atoms. The number of hydrogen-bond acceptors (Lipinski definition) is 5. The third-order valence-corrected chi connectivity index (χ3v) is 3.63. The van der Waals surface area contributed by atoms with Crippen molar-refractivity contribution in [2.24, 2.45) is 10.2 Å². The van der Waals surface area contributed by atoms with Crippen LogP contribution in [0.2, 0.25) is 0 Å². The third kappa shape index (κ3) is 3.57. The Bertz CT molecular complexity index is 522. The summed E-state index contributed by atoms with van der Waals surface area (Å²) in [7, 11) is 3.99. The van der Waals surface area contributed by atoms with Crippen molar-refractivity contribution in [1.82, 2.24) is 5.32 Å². The van der Waals surface area contributed by atoms with Crippen LogP contribution in [0.5, 0.6) is 0 Å². The predicted molar refractivity (Wildman–Crippen MR) is 81.0 cm³/mol. The quantitative estimate of drug-likeness (QED) is 0.675. The highest BCUT2D eigenvalue weighted by Crippen LogP contribution is 2.18. The zero-order valence-electron chi connectivity index (χ0n) is 11.1. The lowest BCUT2D eigenvalue weighted by atomic mass is 10.2. The van der Waals surface area contributed by atoms with Crippen molar-refractivity contribution in [3.63, 3.8) is 0 Å². The van der Waals surface area contributed by atoms with Crippen LogP contribution in [-0.4, -0.2) is 36.6 Å². The van der Waals surface area contributed by atoms with Gasteiger partial charge in [-0.05, 0) is 24.6 Å². The SMILES string of the molecule is C[C@H]1S/C(=N\N=C/c2ccc(N(C)C)cc2)NC1=O. The lowest BCUT2D eigenvalue weighted by Crippen LogP contribution is -2.23. The van der Waals surface area contributed by atoms with E-state index >= 15 is 0 Å². The Morgan fingerprint density at radius 3 is 2.53 bits per heavy atom. The smallest absolute Gasteiger partial charge is 0.239 e. The number of anilines is 1. The molecular formula is C13H16N4OS. The number of amides is 1. The molecule has 1 saturated heterocycles. The summed E-state index contributed by atoms with van der Waals surface area (Å²) in [6, 6.07) is 7.98. The molecule has 1 aromatic carbocycles. The van der Waals surface area contributed by atoms with E-state index < -0.39 is 0 Å². The number of nitrogens with zero attached hydrogens (tertiary/aromatic N) is 3. The highest BCUT2D eigenvalue weighted by molar-refractivity contribution is 8.15. The molecule has 0 bridgehead atoms. The van der Waals surface area contributed by atoms with E-state index in [2.05, 4.69) is 15.5 Å². The van der Waals surface area contributed by atoms with E-state index in [4.69, 9.17) is 0 Å². The van der Waals surface area contributed by atoms with Crippen LogP contribution in [0, 0.1) is 0 Å². The van der Waals surface area contributed by atoms with Crippen molar-refractivity contribution in [3.8, 4) is 0 Å². The molecule has 1 fully saturated rings. The van der Waals surface area contributed by atoms with Crippen LogP contribution in [-0.2, 0) is 4.79 Å². The first-order valence-corrected chi connectivity index (χ1v) is 6.80. The van der Waals surface area contributed by atoms with Crippen LogP contribution in [0.15, 0.2) is 34.5 Å². The number of amidine groups is 1. The molecule has 0 aliphatic carbocycles. The van der Waals surface area contributed by atoms with E-state index in [1.165, 1.54) is 11.8 Å². The Hall–Kier alpha value is -1.82. The molecule has 1 heterocycles. The van der Waals surface area contributed by atoms with Gasteiger partial charge < -0.3 is 10.2 Å². The summed E-state index contributed by atoms with van der Waals surface area (Å²) in [5.41, 5.74) is 2.10. The van der Waals surface area contributed by atoms with Gasteiger partial charge in [0.05, 0.1) is 11.5 Å². The second kappa shape index (κ2) is 5.88. The average Bonchev–Trinajstić information content (AvgIpc) is 2.69. The summed E-state index contributed by atoms with van der Waals surface area (Å²) in [5.74, 6) is -0.0192. The number of hydrogen-bond donors (Lipinski definition) is 1. The first-order chi connectivity index (χ1) is 9.06. The maximum absolute atomic E-state index is 11.2. The minimum absolute atomic E-state index is 0.0192. The maximum atomic E-state index is 11.2. The van der Waals surface area contributed by atoms with Gasteiger partial charge in [0.15, 0.2) is 5.17 Å². The molecule has 1 amide bonds. The van der Waals surface area contributed by atoms with Crippen LogP contribution in [0.25, 0.3) is 0 Å². The van der Waals surface area contributed by atoms with Crippen molar-refractivity contribution in [2.75, 3.05) is 19.0 Å². The Balaban J connectivity index is 1.99. The third-order valence-electron chi connectivity index (χ3n) is 2.65. The number of carbonyl (C=O) groups is 1. The molecule has 6 heteroatoms. The molecule has 0 spiro atoms. The first-order valence-electron chi connectivity index (χ1n) is 5.92. The Kier molecular flexibility index (Phi) is 4.21. The summed E-state index contributed by atoms with van der Waals surface area (Å²) in [4.78, 5) is 13.3. The van der Waals surface area contributed by atoms with Crippen molar-refractivity contribution in [1.29, 1.82) is 0 Å². The number of benzene rings is 1. The van der Waals surface area contributed by atoms with Crippen LogP contribution in [0.1, 0.15) is 12.5 Å². The lowest BCUT2D eigenvalue weighted by molar-refractivity contribution is -0.118. The summed E-state index contributed by atoms with van der Waals surface area (Å²) < 4.78 is 0. The molecule has 0 radical (unpaired) electrons. The Labute approximate surface area is 116 Å². The molecule has 0 aromatic heterocycles. The molecule has 1 aromatic rings. The highest BCUT2D eigenvalue weighted by atomic mass is 32.2. The van der Waals surface area contributed by atoms with E-state index in [1.807, 2.05) is 50.2 Å². The van der Waals surface area contributed by atoms with Crippen LogP contribution < -0.4 is 10.2 Å². The van der Waals surface area contributed by atoms with Crippen molar-refractivity contribution in [3.05, 3.63) is 29.8 Å².